The third kappa shape index (κ3) is 3.25. The Morgan fingerprint density at radius 1 is 0.731 bits per heavy atom. The third-order valence-corrected chi connectivity index (χ3v) is 3.47. The van der Waals surface area contributed by atoms with Crippen molar-refractivity contribution in [3.63, 3.8) is 0 Å². The number of carbonyl (C=O) groups is 2. The number of esters is 2. The maximum atomic E-state index is 12.1. The minimum absolute atomic E-state index is 0.250. The van der Waals surface area contributed by atoms with Gasteiger partial charge in [0.05, 0.1) is 25.6 Å². The summed E-state index contributed by atoms with van der Waals surface area (Å²) < 4.78 is 9.45. The Bertz CT molecular complexity index is 868. The first-order valence-corrected chi connectivity index (χ1v) is 7.57. The molecule has 0 aliphatic heterocycles. The molecule has 8 nitrogen and oxygen atoms in total. The maximum Gasteiger partial charge on any atom is 0.359 e. The van der Waals surface area contributed by atoms with E-state index in [4.69, 9.17) is 9.47 Å². The van der Waals surface area contributed by atoms with E-state index in [1.54, 1.807) is 48.8 Å². The van der Waals surface area contributed by atoms with E-state index in [1.165, 1.54) is 14.2 Å². The molecule has 0 aromatic carbocycles. The smallest absolute Gasteiger partial charge is 0.359 e. The Kier molecular flexibility index (Phi) is 4.93. The highest BCUT2D eigenvalue weighted by Crippen LogP contribution is 2.28. The first-order chi connectivity index (χ1) is 12.7. The molecule has 130 valence electrons. The standard InChI is InChI=1S/C18H14N4O4/c1-25-17(23)15-16(18(24)26-2)22-14(12-8-4-6-10-20-12)13(21-15)11-7-3-5-9-19-11/h3-10H,1-2H3. The quantitative estimate of drug-likeness (QED) is 0.659. The molecule has 0 saturated heterocycles. The molecule has 0 fully saturated rings. The lowest BCUT2D eigenvalue weighted by Crippen LogP contribution is -2.18. The molecule has 0 spiro atoms. The van der Waals surface area contributed by atoms with Crippen LogP contribution in [0.25, 0.3) is 22.8 Å². The van der Waals surface area contributed by atoms with Gasteiger partial charge in [0.1, 0.15) is 11.4 Å². The van der Waals surface area contributed by atoms with Gasteiger partial charge in [0.2, 0.25) is 0 Å². The van der Waals surface area contributed by atoms with Gasteiger partial charge in [-0.3, -0.25) is 9.97 Å². The van der Waals surface area contributed by atoms with E-state index in [0.717, 1.165) is 0 Å². The zero-order chi connectivity index (χ0) is 18.5. The van der Waals surface area contributed by atoms with Gasteiger partial charge in [-0.15, -0.1) is 0 Å². The molecule has 0 N–H and O–H groups in total. The number of hydrogen-bond donors (Lipinski definition) is 0. The van der Waals surface area contributed by atoms with Gasteiger partial charge >= 0.3 is 11.9 Å². The highest BCUT2D eigenvalue weighted by atomic mass is 16.5. The summed E-state index contributed by atoms with van der Waals surface area (Å²) >= 11 is 0. The fraction of sp³-hybridized carbons (Fsp3) is 0.111. The summed E-state index contributed by atoms with van der Waals surface area (Å²) in [5.74, 6) is -1.61. The van der Waals surface area contributed by atoms with Gasteiger partial charge in [-0.2, -0.15) is 0 Å². The number of hydrogen-bond acceptors (Lipinski definition) is 8. The Labute approximate surface area is 148 Å². The number of nitrogens with zero attached hydrogens (tertiary/aromatic N) is 4. The van der Waals surface area contributed by atoms with Gasteiger partial charge in [-0.25, -0.2) is 19.6 Å². The van der Waals surface area contributed by atoms with Crippen molar-refractivity contribution in [2.75, 3.05) is 14.2 Å². The second-order valence-electron chi connectivity index (χ2n) is 5.03. The summed E-state index contributed by atoms with van der Waals surface area (Å²) in [4.78, 5) is 41.4. The first-order valence-electron chi connectivity index (χ1n) is 7.57. The molecule has 0 radical (unpaired) electrons. The summed E-state index contributed by atoms with van der Waals surface area (Å²) in [6.45, 7) is 0. The number of rotatable bonds is 4. The largest absolute Gasteiger partial charge is 0.464 e. The normalized spacial score (nSPS) is 10.2. The van der Waals surface area contributed by atoms with E-state index in [2.05, 4.69) is 19.9 Å². The van der Waals surface area contributed by atoms with Crippen LogP contribution in [0.4, 0.5) is 0 Å². The Morgan fingerprint density at radius 2 is 1.15 bits per heavy atom. The molecule has 3 aromatic rings. The van der Waals surface area contributed by atoms with E-state index < -0.39 is 11.9 Å². The van der Waals surface area contributed by atoms with E-state index in [1.807, 2.05) is 0 Å². The zero-order valence-electron chi connectivity index (χ0n) is 14.0. The lowest BCUT2D eigenvalue weighted by atomic mass is 10.1. The van der Waals surface area contributed by atoms with E-state index >= 15 is 0 Å². The van der Waals surface area contributed by atoms with Gasteiger partial charge in [0.25, 0.3) is 0 Å². The van der Waals surface area contributed by atoms with Crippen molar-refractivity contribution in [2.45, 2.75) is 0 Å². The lowest BCUT2D eigenvalue weighted by molar-refractivity contribution is 0.0544. The topological polar surface area (TPSA) is 104 Å². The molecule has 0 unspecified atom stereocenters. The number of methoxy groups -OCH3 is 2. The van der Waals surface area contributed by atoms with Crippen LogP contribution in [0, 0.1) is 0 Å². The molecule has 3 heterocycles. The van der Waals surface area contributed by atoms with E-state index in [9.17, 15) is 9.59 Å². The van der Waals surface area contributed by atoms with Crippen molar-refractivity contribution < 1.29 is 19.1 Å². The Morgan fingerprint density at radius 3 is 1.46 bits per heavy atom. The molecular formula is C18H14N4O4. The molecule has 8 heteroatoms. The first kappa shape index (κ1) is 17.2. The summed E-state index contributed by atoms with van der Waals surface area (Å²) in [7, 11) is 2.39. The average molecular weight is 350 g/mol. The van der Waals surface area contributed by atoms with Gasteiger partial charge in [-0.1, -0.05) is 12.1 Å². The predicted molar refractivity (Wildman–Crippen MR) is 91.2 cm³/mol. The fourth-order valence-corrected chi connectivity index (χ4v) is 2.28. The lowest BCUT2D eigenvalue weighted by Gasteiger charge is -2.12. The van der Waals surface area contributed by atoms with Crippen molar-refractivity contribution in [3.8, 4) is 22.8 Å². The van der Waals surface area contributed by atoms with Crippen molar-refractivity contribution in [3.05, 3.63) is 60.2 Å². The number of pyridine rings is 2. The predicted octanol–water partition coefficient (Wildman–Crippen LogP) is 2.17. The number of ether oxygens (including phenoxy) is 2. The van der Waals surface area contributed by atoms with Crippen LogP contribution in [0.1, 0.15) is 21.0 Å². The third-order valence-electron chi connectivity index (χ3n) is 3.47. The van der Waals surface area contributed by atoms with Crippen molar-refractivity contribution in [1.82, 2.24) is 19.9 Å². The Balaban J connectivity index is 2.34. The van der Waals surface area contributed by atoms with Gasteiger partial charge in [0, 0.05) is 12.4 Å². The second-order valence-corrected chi connectivity index (χ2v) is 5.03. The molecule has 26 heavy (non-hydrogen) atoms. The summed E-state index contributed by atoms with van der Waals surface area (Å²) in [5, 5.41) is 0. The fourth-order valence-electron chi connectivity index (χ4n) is 2.28. The van der Waals surface area contributed by atoms with Gasteiger partial charge < -0.3 is 9.47 Å². The summed E-state index contributed by atoms with van der Waals surface area (Å²) in [6, 6.07) is 10.5. The molecule has 0 bridgehead atoms. The average Bonchev–Trinajstić information content (AvgIpc) is 2.73. The van der Waals surface area contributed by atoms with Crippen LogP contribution in [-0.2, 0) is 9.47 Å². The molecular weight excluding hydrogens is 336 g/mol. The monoisotopic (exact) mass is 350 g/mol. The van der Waals surface area contributed by atoms with Crippen molar-refractivity contribution in [1.29, 1.82) is 0 Å². The molecule has 0 atom stereocenters. The number of carbonyl (C=O) groups excluding carboxylic acids is 2. The van der Waals surface area contributed by atoms with Crippen LogP contribution in [0.5, 0.6) is 0 Å². The van der Waals surface area contributed by atoms with Crippen molar-refractivity contribution >= 4 is 11.9 Å². The molecule has 0 aliphatic rings. The van der Waals surface area contributed by atoms with Gasteiger partial charge in [0.15, 0.2) is 11.4 Å². The molecule has 3 rings (SSSR count). The van der Waals surface area contributed by atoms with Crippen LogP contribution >= 0.6 is 0 Å². The van der Waals surface area contributed by atoms with E-state index in [-0.39, 0.29) is 11.4 Å². The molecule has 0 aliphatic carbocycles. The van der Waals surface area contributed by atoms with Crippen LogP contribution in [-0.4, -0.2) is 46.1 Å². The van der Waals surface area contributed by atoms with Crippen molar-refractivity contribution in [2.24, 2.45) is 0 Å². The van der Waals surface area contributed by atoms with Crippen LogP contribution < -0.4 is 0 Å². The Hall–Kier alpha value is -3.68. The van der Waals surface area contributed by atoms with E-state index in [0.29, 0.717) is 22.8 Å². The van der Waals surface area contributed by atoms with Gasteiger partial charge in [-0.05, 0) is 24.3 Å². The summed E-state index contributed by atoms with van der Waals surface area (Å²) in [6.07, 6.45) is 3.18. The highest BCUT2D eigenvalue weighted by Gasteiger charge is 2.27. The summed E-state index contributed by atoms with van der Waals surface area (Å²) in [5.41, 5.74) is 1.05. The van der Waals surface area contributed by atoms with Crippen LogP contribution in [0.3, 0.4) is 0 Å². The zero-order valence-corrected chi connectivity index (χ0v) is 14.0. The SMILES string of the molecule is COC(=O)c1nc(-c2ccccn2)c(-c2ccccn2)nc1C(=O)OC. The minimum Gasteiger partial charge on any atom is -0.464 e. The second kappa shape index (κ2) is 7.47. The van der Waals surface area contributed by atoms with Crippen LogP contribution in [0.15, 0.2) is 48.8 Å². The highest BCUT2D eigenvalue weighted by molar-refractivity contribution is 6.01. The molecule has 3 aromatic heterocycles. The minimum atomic E-state index is -0.803. The maximum absolute atomic E-state index is 12.1. The van der Waals surface area contributed by atoms with Crippen LogP contribution in [0.2, 0.25) is 0 Å². The molecule has 0 amide bonds. The number of aromatic nitrogens is 4. The molecule has 0 saturated carbocycles.